The Kier molecular flexibility index (Phi) is 3.21. The van der Waals surface area contributed by atoms with Crippen LogP contribution in [0.15, 0.2) is 0 Å². The van der Waals surface area contributed by atoms with Gasteiger partial charge < -0.3 is 4.90 Å². The van der Waals surface area contributed by atoms with E-state index in [0.717, 1.165) is 11.8 Å². The molecule has 5 fully saturated rings. The Bertz CT molecular complexity index is 571. The fourth-order valence-corrected chi connectivity index (χ4v) is 8.26. The smallest absolute Gasteiger partial charge is 0.226 e. The van der Waals surface area contributed by atoms with Gasteiger partial charge >= 0.3 is 0 Å². The largest absolute Gasteiger partial charge is 0.339 e. The second-order valence-corrected chi connectivity index (χ2v) is 10.9. The summed E-state index contributed by atoms with van der Waals surface area (Å²) in [7, 11) is -1.14. The summed E-state index contributed by atoms with van der Waals surface area (Å²) in [6.07, 6.45) is 6.89. The molecule has 0 unspecified atom stereocenters. The van der Waals surface area contributed by atoms with Crippen molar-refractivity contribution in [2.75, 3.05) is 18.6 Å². The van der Waals surface area contributed by atoms with Gasteiger partial charge in [-0.1, -0.05) is 0 Å². The molecule has 4 saturated carbocycles. The highest BCUT2D eigenvalue weighted by Crippen LogP contribution is 2.57. The second kappa shape index (κ2) is 4.71. The third-order valence-corrected chi connectivity index (χ3v) is 9.02. The minimum Gasteiger partial charge on any atom is -0.339 e. The lowest BCUT2D eigenvalue weighted by Crippen LogP contribution is -2.56. The molecule has 0 aromatic heterocycles. The summed E-state index contributed by atoms with van der Waals surface area (Å²) in [6.45, 7) is 1.95. The molecule has 1 saturated heterocycles. The van der Waals surface area contributed by atoms with Gasteiger partial charge in [0, 0.05) is 13.0 Å². The number of hydrogen-bond acceptors (Lipinski definition) is 3. The van der Waals surface area contributed by atoms with E-state index in [4.69, 9.17) is 0 Å². The fraction of sp³-hybridized carbons (Fsp3) is 0.941. The van der Waals surface area contributed by atoms with Gasteiger partial charge in [-0.15, -0.1) is 0 Å². The normalized spacial score (nSPS) is 48.5. The molecule has 0 radical (unpaired) electrons. The number of carbonyl (C=O) groups is 1. The lowest BCUT2D eigenvalue weighted by atomic mass is 9.51. The van der Waals surface area contributed by atoms with Gasteiger partial charge in [0.2, 0.25) is 5.91 Å². The lowest BCUT2D eigenvalue weighted by Gasteiger charge is -2.55. The minimum absolute atomic E-state index is 0.134. The molecule has 4 nitrogen and oxygen atoms in total. The first kappa shape index (κ1) is 15.0. The Morgan fingerprint density at radius 1 is 1.05 bits per heavy atom. The molecule has 0 aromatic rings. The van der Waals surface area contributed by atoms with Gasteiger partial charge in [0.1, 0.15) is 0 Å². The van der Waals surface area contributed by atoms with Crippen LogP contribution in [0.4, 0.5) is 0 Å². The van der Waals surface area contributed by atoms with Gasteiger partial charge in [-0.2, -0.15) is 0 Å². The summed E-state index contributed by atoms with van der Waals surface area (Å²) in [5.74, 6) is 3.60. The third kappa shape index (κ3) is 2.22. The van der Waals surface area contributed by atoms with Crippen LogP contribution in [0, 0.1) is 29.6 Å². The van der Waals surface area contributed by atoms with Gasteiger partial charge in [-0.05, 0) is 69.1 Å². The Balaban J connectivity index is 1.55. The van der Waals surface area contributed by atoms with Gasteiger partial charge in [0.05, 0.1) is 17.0 Å². The van der Waals surface area contributed by atoms with Crippen molar-refractivity contribution < 1.29 is 13.2 Å². The highest BCUT2D eigenvalue weighted by molar-refractivity contribution is 7.91. The fourth-order valence-electron chi connectivity index (χ4n) is 6.08. The Hall–Kier alpha value is -0.580. The van der Waals surface area contributed by atoms with Crippen LogP contribution in [-0.2, 0) is 14.6 Å². The van der Waals surface area contributed by atoms with Crippen molar-refractivity contribution in [1.29, 1.82) is 0 Å². The van der Waals surface area contributed by atoms with E-state index in [-0.39, 0.29) is 23.3 Å². The number of hydrogen-bond donors (Lipinski definition) is 0. The summed E-state index contributed by atoms with van der Waals surface area (Å²) in [6, 6.07) is 0. The number of rotatable bonds is 2. The summed E-state index contributed by atoms with van der Waals surface area (Å²) in [5.41, 5.74) is -0.495. The molecule has 5 rings (SSSR count). The van der Waals surface area contributed by atoms with Crippen molar-refractivity contribution >= 4 is 15.7 Å². The van der Waals surface area contributed by atoms with Crippen molar-refractivity contribution in [2.45, 2.75) is 51.0 Å². The monoisotopic (exact) mass is 325 g/mol. The maximum absolute atomic E-state index is 13.2. The first-order chi connectivity index (χ1) is 10.3. The maximum atomic E-state index is 13.2. The maximum Gasteiger partial charge on any atom is 0.226 e. The Labute approximate surface area is 133 Å². The molecule has 4 bridgehead atoms. The van der Waals surface area contributed by atoms with E-state index in [1.807, 2.05) is 18.9 Å². The molecular weight excluding hydrogens is 298 g/mol. The van der Waals surface area contributed by atoms with Gasteiger partial charge in [-0.3, -0.25) is 4.79 Å². The standard InChI is InChI=1S/C17H27NO3S/c1-17(3-4-22(20,21)10-17)18(2)16(19)15-13-6-11-5-12(8-13)9-14(15)7-11/h11-15H,3-10H2,1-2H3/t11?,12?,13?,14?,15?,17-/m1/s1. The summed E-state index contributed by atoms with van der Waals surface area (Å²) < 4.78 is 23.7. The summed E-state index contributed by atoms with van der Waals surface area (Å²) >= 11 is 0. The van der Waals surface area contributed by atoms with Crippen molar-refractivity contribution in [3.8, 4) is 0 Å². The number of amides is 1. The van der Waals surface area contributed by atoms with Crippen molar-refractivity contribution in [2.24, 2.45) is 29.6 Å². The molecule has 0 aromatic carbocycles. The van der Waals surface area contributed by atoms with E-state index in [1.54, 1.807) is 0 Å². The van der Waals surface area contributed by atoms with Crippen LogP contribution >= 0.6 is 0 Å². The van der Waals surface area contributed by atoms with Crippen molar-refractivity contribution in [3.05, 3.63) is 0 Å². The van der Waals surface area contributed by atoms with Crippen molar-refractivity contribution in [1.82, 2.24) is 4.90 Å². The van der Waals surface area contributed by atoms with Gasteiger partial charge in [0.15, 0.2) is 9.84 Å². The minimum atomic E-state index is -2.98. The molecule has 5 aliphatic rings. The molecule has 124 valence electrons. The molecule has 1 atom stereocenters. The van der Waals surface area contributed by atoms with Crippen LogP contribution in [0.2, 0.25) is 0 Å². The Morgan fingerprint density at radius 3 is 2.05 bits per heavy atom. The number of carbonyl (C=O) groups excluding carboxylic acids is 1. The zero-order valence-electron chi connectivity index (χ0n) is 13.6. The average Bonchev–Trinajstić information content (AvgIpc) is 2.71. The highest BCUT2D eigenvalue weighted by Gasteiger charge is 2.53. The molecule has 1 amide bonds. The van der Waals surface area contributed by atoms with E-state index >= 15 is 0 Å². The molecule has 0 N–H and O–H groups in total. The molecule has 4 aliphatic carbocycles. The van der Waals surface area contributed by atoms with Gasteiger partial charge in [-0.25, -0.2) is 8.42 Å². The SMILES string of the molecule is CN(C(=O)C1C2CC3CC(C2)CC1C3)[C@]1(C)CCS(=O)(=O)C1. The molecule has 0 spiro atoms. The van der Waals surface area contributed by atoms with E-state index < -0.39 is 15.4 Å². The molecule has 5 heteroatoms. The quantitative estimate of drug-likeness (QED) is 0.781. The van der Waals surface area contributed by atoms with E-state index in [1.165, 1.54) is 32.1 Å². The highest BCUT2D eigenvalue weighted by atomic mass is 32.2. The first-order valence-electron chi connectivity index (χ1n) is 8.75. The van der Waals surface area contributed by atoms with E-state index in [9.17, 15) is 13.2 Å². The van der Waals surface area contributed by atoms with E-state index in [0.29, 0.717) is 18.3 Å². The predicted molar refractivity (Wildman–Crippen MR) is 85.0 cm³/mol. The molecule has 22 heavy (non-hydrogen) atoms. The average molecular weight is 325 g/mol. The Morgan fingerprint density at radius 2 is 1.59 bits per heavy atom. The third-order valence-electron chi connectivity index (χ3n) is 7.13. The summed E-state index contributed by atoms with van der Waals surface area (Å²) in [5, 5.41) is 0. The van der Waals surface area contributed by atoms with Crippen LogP contribution in [0.3, 0.4) is 0 Å². The second-order valence-electron chi connectivity index (χ2n) is 8.69. The number of sulfone groups is 1. The van der Waals surface area contributed by atoms with Crippen LogP contribution in [0.1, 0.15) is 45.4 Å². The summed E-state index contributed by atoms with van der Waals surface area (Å²) in [4.78, 5) is 15.0. The van der Waals surface area contributed by atoms with Crippen LogP contribution < -0.4 is 0 Å². The van der Waals surface area contributed by atoms with E-state index in [2.05, 4.69) is 0 Å². The number of nitrogens with zero attached hydrogens (tertiary/aromatic N) is 1. The lowest BCUT2D eigenvalue weighted by molar-refractivity contribution is -0.152. The molecule has 1 aliphatic heterocycles. The first-order valence-corrected chi connectivity index (χ1v) is 10.6. The zero-order valence-corrected chi connectivity index (χ0v) is 14.4. The topological polar surface area (TPSA) is 54.5 Å². The molecular formula is C17H27NO3S. The zero-order chi connectivity index (χ0) is 15.7. The van der Waals surface area contributed by atoms with Crippen LogP contribution in [-0.4, -0.2) is 43.3 Å². The van der Waals surface area contributed by atoms with Crippen LogP contribution in [0.5, 0.6) is 0 Å². The molecule has 1 heterocycles. The van der Waals surface area contributed by atoms with Crippen molar-refractivity contribution in [3.63, 3.8) is 0 Å². The van der Waals surface area contributed by atoms with Gasteiger partial charge in [0.25, 0.3) is 0 Å². The van der Waals surface area contributed by atoms with Crippen LogP contribution in [0.25, 0.3) is 0 Å². The predicted octanol–water partition coefficient (Wildman–Crippen LogP) is 2.09.